The number of phenols is 1. The second-order valence-corrected chi connectivity index (χ2v) is 11.1. The Kier molecular flexibility index (Phi) is 7.13. The number of primary amides is 1. The van der Waals surface area contributed by atoms with Gasteiger partial charge < -0.3 is 15.9 Å². The maximum Gasteiger partial charge on any atom is 0.235 e. The number of hydrogen-bond acceptors (Lipinski definition) is 8. The summed E-state index contributed by atoms with van der Waals surface area (Å²) in [6.45, 7) is 0. The number of likely N-dealkylation sites (N-methyl/N-ethyl adjacent to an activating group) is 1. The van der Waals surface area contributed by atoms with E-state index in [1.807, 2.05) is 0 Å². The van der Waals surface area contributed by atoms with Crippen LogP contribution in [-0.2, 0) is 25.6 Å². The molecule has 0 aliphatic heterocycles. The van der Waals surface area contributed by atoms with Crippen molar-refractivity contribution in [2.24, 2.45) is 29.4 Å². The summed E-state index contributed by atoms with van der Waals surface area (Å²) >= 11 is 0. The molecule has 2 saturated carbocycles. The molecule has 2 fully saturated rings. The molecule has 3 aliphatic rings. The van der Waals surface area contributed by atoms with Gasteiger partial charge in [-0.3, -0.25) is 28.9 Å². The molecule has 2 aromatic carbocycles. The zero-order valence-electron chi connectivity index (χ0n) is 22.5. The molecule has 0 aromatic heterocycles. The number of halogens is 5. The number of nitrogens with two attached hydrogens (primary N) is 1. The number of hydrogen-bond donors (Lipinski definition) is 3. The molecule has 0 bridgehead atoms. The molecule has 5 rings (SSSR count). The van der Waals surface area contributed by atoms with Crippen LogP contribution in [0.2, 0.25) is 0 Å². The third kappa shape index (κ3) is 4.14. The minimum absolute atomic E-state index is 0.0329. The van der Waals surface area contributed by atoms with Crippen LogP contribution in [0.3, 0.4) is 0 Å². The van der Waals surface area contributed by atoms with Gasteiger partial charge in [-0.2, -0.15) is 0 Å². The van der Waals surface area contributed by atoms with E-state index in [-0.39, 0.29) is 24.0 Å². The van der Waals surface area contributed by atoms with E-state index in [2.05, 4.69) is 0 Å². The molecule has 2 unspecified atom stereocenters. The summed E-state index contributed by atoms with van der Waals surface area (Å²) in [6.07, 6.45) is 1.14. The number of ketones is 4. The molecule has 9 nitrogen and oxygen atoms in total. The highest BCUT2D eigenvalue weighted by Crippen LogP contribution is 2.51. The van der Waals surface area contributed by atoms with Gasteiger partial charge in [0, 0.05) is 5.92 Å². The van der Waals surface area contributed by atoms with E-state index < -0.39 is 110 Å². The maximum atomic E-state index is 14.3. The van der Waals surface area contributed by atoms with E-state index in [9.17, 15) is 56.1 Å². The summed E-state index contributed by atoms with van der Waals surface area (Å²) in [5.41, 5.74) is 0.783. The largest absolute Gasteiger partial charge is 0.507 e. The average Bonchev–Trinajstić information content (AvgIpc) is 2.93. The summed E-state index contributed by atoms with van der Waals surface area (Å²) in [7, 11) is 2.85. The normalized spacial score (nSPS) is 28.7. The highest BCUT2D eigenvalue weighted by atomic mass is 19.2. The number of aliphatic hydroxyl groups is 1. The van der Waals surface area contributed by atoms with Crippen LogP contribution in [0.1, 0.15) is 33.5 Å². The number of aromatic hydroxyl groups is 1. The van der Waals surface area contributed by atoms with Crippen LogP contribution in [0.4, 0.5) is 22.0 Å². The number of carbonyl (C=O) groups is 5. The van der Waals surface area contributed by atoms with Gasteiger partial charge >= 0.3 is 0 Å². The third-order valence-electron chi connectivity index (χ3n) is 8.65. The Morgan fingerprint density at radius 1 is 0.953 bits per heavy atom. The van der Waals surface area contributed by atoms with Crippen molar-refractivity contribution in [1.82, 2.24) is 4.90 Å². The molecule has 0 saturated heterocycles. The molecule has 2 aromatic rings. The lowest BCUT2D eigenvalue weighted by molar-refractivity contribution is -0.181. The molecule has 4 N–H and O–H groups in total. The lowest BCUT2D eigenvalue weighted by Crippen LogP contribution is -2.74. The fourth-order valence-corrected chi connectivity index (χ4v) is 6.73. The molecule has 43 heavy (non-hydrogen) atoms. The van der Waals surface area contributed by atoms with Crippen molar-refractivity contribution in [1.29, 1.82) is 0 Å². The molecule has 6 atom stereocenters. The van der Waals surface area contributed by atoms with Gasteiger partial charge in [-0.15, -0.1) is 0 Å². The summed E-state index contributed by atoms with van der Waals surface area (Å²) in [5.74, 6) is -23.6. The van der Waals surface area contributed by atoms with E-state index >= 15 is 0 Å². The summed E-state index contributed by atoms with van der Waals surface area (Å²) < 4.78 is 69.4. The summed E-state index contributed by atoms with van der Waals surface area (Å²) in [6, 6.07) is 0.911. The Bertz CT molecular complexity index is 1660. The molecule has 14 heteroatoms. The van der Waals surface area contributed by atoms with Crippen LogP contribution in [0.5, 0.6) is 5.75 Å². The number of amides is 1. The summed E-state index contributed by atoms with van der Waals surface area (Å²) in [5, 5.41) is 22.1. The first-order valence-corrected chi connectivity index (χ1v) is 12.9. The predicted octanol–water partition coefficient (Wildman–Crippen LogP) is 1.73. The molecule has 0 heterocycles. The number of nitrogens with zero attached hydrogens (tertiary/aromatic N) is 1. The molecule has 226 valence electrons. The monoisotopic (exact) mass is 606 g/mol. The number of fused-ring (bicyclic) bond motifs is 3. The Morgan fingerprint density at radius 3 is 2.09 bits per heavy atom. The van der Waals surface area contributed by atoms with E-state index in [1.54, 1.807) is 0 Å². The van der Waals surface area contributed by atoms with Gasteiger partial charge in [-0.25, -0.2) is 22.0 Å². The topological polar surface area (TPSA) is 155 Å². The van der Waals surface area contributed by atoms with E-state index in [1.165, 1.54) is 25.1 Å². The molecule has 3 aliphatic carbocycles. The first-order chi connectivity index (χ1) is 20.0. The van der Waals surface area contributed by atoms with Crippen molar-refractivity contribution >= 4 is 41.2 Å². The first-order valence-electron chi connectivity index (χ1n) is 12.9. The Morgan fingerprint density at radius 2 is 1.53 bits per heavy atom. The number of carbonyl (C=O) groups excluding carboxylic acids is 5. The standard InChI is InChI=1S/C29H23F5N2O7/c1-36(2)23-13-8-10-7-12-9(3-5-11-18(30)20(32)22(34)21(33)19(11)31)4-6-14(37)16(12)24(38)15(10)26(40)29(13,43)27(41)17(25(23)39)28(35)42/h3-6,10,13,15,17,23,37,43H,7-8H2,1-2H3,(H2,35,42)/t10-,13-,15?,17?,23-,29-/m1/s1. The molecule has 0 radical (unpaired) electrons. The minimum Gasteiger partial charge on any atom is -0.507 e. The second-order valence-electron chi connectivity index (χ2n) is 11.1. The van der Waals surface area contributed by atoms with E-state index in [4.69, 9.17) is 5.73 Å². The predicted molar refractivity (Wildman–Crippen MR) is 137 cm³/mol. The zero-order chi connectivity index (χ0) is 31.9. The third-order valence-corrected chi connectivity index (χ3v) is 8.65. The van der Waals surface area contributed by atoms with Crippen LogP contribution in [-0.4, -0.2) is 69.9 Å². The number of benzene rings is 2. The van der Waals surface area contributed by atoms with Crippen LogP contribution in [0.25, 0.3) is 12.2 Å². The lowest BCUT2D eigenvalue weighted by atomic mass is 9.52. The SMILES string of the molecule is CN(C)[C@H]1C(=O)C(C(N)=O)C(=O)[C@]2(O)C(=O)C3C(=O)c4c(O)ccc(C=Cc5c(F)c(F)c(F)c(F)c5F)c4C[C@@H]3C[C@H]12. The zero-order valence-corrected chi connectivity index (χ0v) is 22.5. The number of rotatable bonds is 4. The smallest absolute Gasteiger partial charge is 0.235 e. The van der Waals surface area contributed by atoms with Gasteiger partial charge in [0.25, 0.3) is 0 Å². The first kappa shape index (κ1) is 30.2. The van der Waals surface area contributed by atoms with Crippen LogP contribution >= 0.6 is 0 Å². The fourth-order valence-electron chi connectivity index (χ4n) is 6.73. The molecular weight excluding hydrogens is 583 g/mol. The van der Waals surface area contributed by atoms with Gasteiger partial charge in [0.05, 0.1) is 23.1 Å². The van der Waals surface area contributed by atoms with Gasteiger partial charge in [-0.05, 0) is 56.1 Å². The van der Waals surface area contributed by atoms with Gasteiger partial charge in [0.2, 0.25) is 11.7 Å². The van der Waals surface area contributed by atoms with E-state index in [0.29, 0.717) is 6.08 Å². The van der Waals surface area contributed by atoms with Crippen molar-refractivity contribution in [3.8, 4) is 5.75 Å². The van der Waals surface area contributed by atoms with Crippen LogP contribution < -0.4 is 5.73 Å². The van der Waals surface area contributed by atoms with Crippen LogP contribution in [0.15, 0.2) is 12.1 Å². The van der Waals surface area contributed by atoms with Gasteiger partial charge in [0.15, 0.2) is 57.9 Å². The number of Topliss-reactive ketones (excluding diaryl/α,β-unsaturated/α-hetero) is 4. The van der Waals surface area contributed by atoms with E-state index in [0.717, 1.165) is 12.1 Å². The van der Waals surface area contributed by atoms with Crippen molar-refractivity contribution in [2.45, 2.75) is 24.5 Å². The molecular formula is C29H23F5N2O7. The Hall–Kier alpha value is -4.30. The van der Waals surface area contributed by atoms with Crippen molar-refractivity contribution in [3.63, 3.8) is 0 Å². The number of phenolic OH excluding ortho intramolecular Hbond substituents is 1. The van der Waals surface area contributed by atoms with Gasteiger partial charge in [0.1, 0.15) is 5.75 Å². The average molecular weight is 606 g/mol. The van der Waals surface area contributed by atoms with Crippen molar-refractivity contribution < 1.29 is 56.1 Å². The lowest BCUT2D eigenvalue weighted by Gasteiger charge is -2.52. The van der Waals surface area contributed by atoms with Crippen molar-refractivity contribution in [2.75, 3.05) is 14.1 Å². The quantitative estimate of drug-likeness (QED) is 0.156. The summed E-state index contributed by atoms with van der Waals surface area (Å²) in [4.78, 5) is 67.3. The van der Waals surface area contributed by atoms with Crippen molar-refractivity contribution in [3.05, 3.63) is 63.5 Å². The second kappa shape index (κ2) is 10.2. The highest BCUT2D eigenvalue weighted by Gasteiger charge is 2.69. The van der Waals surface area contributed by atoms with Gasteiger partial charge in [-0.1, -0.05) is 12.1 Å². The molecule has 1 amide bonds. The minimum atomic E-state index is -2.92. The Labute approximate surface area is 239 Å². The molecule has 0 spiro atoms. The fraction of sp³-hybridized carbons (Fsp3) is 0.345. The van der Waals surface area contributed by atoms with Crippen LogP contribution in [0, 0.1) is 52.8 Å². The maximum absolute atomic E-state index is 14.3. The highest BCUT2D eigenvalue weighted by molar-refractivity contribution is 6.32. The Balaban J connectivity index is 1.62.